The van der Waals surface area contributed by atoms with Gasteiger partial charge in [-0.3, -0.25) is 9.89 Å². The van der Waals surface area contributed by atoms with Gasteiger partial charge in [-0.2, -0.15) is 0 Å². The van der Waals surface area contributed by atoms with E-state index in [1.165, 1.54) is 89.9 Å². The van der Waals surface area contributed by atoms with Crippen molar-refractivity contribution in [3.8, 4) is 0 Å². The lowest BCUT2D eigenvalue weighted by molar-refractivity contribution is 0.176. The minimum atomic E-state index is 0.243. The van der Waals surface area contributed by atoms with Crippen molar-refractivity contribution in [3.63, 3.8) is 0 Å². The Hall–Kier alpha value is -0.670. The summed E-state index contributed by atoms with van der Waals surface area (Å²) in [7, 11) is 0. The molecule has 0 amide bonds. The fourth-order valence-corrected chi connectivity index (χ4v) is 3.69. The third kappa shape index (κ3) is 12.6. The van der Waals surface area contributed by atoms with Crippen molar-refractivity contribution in [3.05, 3.63) is 12.2 Å². The summed E-state index contributed by atoms with van der Waals surface area (Å²) in [5.74, 6) is 0. The van der Waals surface area contributed by atoms with Crippen LogP contribution in [0, 0.1) is 0 Å². The predicted octanol–water partition coefficient (Wildman–Crippen LogP) is 6.12. The third-order valence-electron chi connectivity index (χ3n) is 5.38. The van der Waals surface area contributed by atoms with Crippen LogP contribution in [0.3, 0.4) is 0 Å². The van der Waals surface area contributed by atoms with Gasteiger partial charge in [-0.05, 0) is 38.5 Å². The molecule has 0 saturated heterocycles. The van der Waals surface area contributed by atoms with Gasteiger partial charge in [0.2, 0.25) is 0 Å². The molecule has 1 N–H and O–H groups in total. The first-order valence-corrected chi connectivity index (χ1v) is 11.4. The molecule has 0 bridgehead atoms. The van der Waals surface area contributed by atoms with Gasteiger partial charge in [-0.25, -0.2) is 0 Å². The second-order valence-electron chi connectivity index (χ2n) is 7.76. The molecule has 0 saturated carbocycles. The largest absolute Gasteiger partial charge is 0.395 e. The first-order chi connectivity index (χ1) is 12.9. The number of rotatable bonds is 18. The lowest BCUT2D eigenvalue weighted by Crippen LogP contribution is -2.32. The van der Waals surface area contributed by atoms with Crippen LogP contribution in [0.5, 0.6) is 0 Å². The molecule has 0 radical (unpaired) electrons. The van der Waals surface area contributed by atoms with Crippen molar-refractivity contribution in [2.45, 2.75) is 109 Å². The Kier molecular flexibility index (Phi) is 15.9. The lowest BCUT2D eigenvalue weighted by Gasteiger charge is -2.21. The van der Waals surface area contributed by atoms with Crippen LogP contribution >= 0.6 is 0 Å². The maximum atomic E-state index is 9.05. The van der Waals surface area contributed by atoms with Crippen molar-refractivity contribution in [1.82, 2.24) is 4.90 Å². The topological polar surface area (TPSA) is 35.8 Å². The number of allylic oxidation sites excluding steroid dienone is 2. The Morgan fingerprint density at radius 1 is 0.885 bits per heavy atom. The standard InChI is InChI=1S/C23H44N2O/c1-2-3-4-5-6-7-8-9-10-11-12-13-14-15-16-17-18-23-24-19-20-25(23)21-22-26/h9-10,19,23,26H,2-8,11-18,20-22H2,1H3/b10-9+. The summed E-state index contributed by atoms with van der Waals surface area (Å²) in [6.07, 6.45) is 27.3. The monoisotopic (exact) mass is 364 g/mol. The lowest BCUT2D eigenvalue weighted by atomic mass is 10.1. The fraction of sp³-hybridized carbons (Fsp3) is 0.870. The van der Waals surface area contributed by atoms with E-state index in [9.17, 15) is 0 Å². The summed E-state index contributed by atoms with van der Waals surface area (Å²) in [4.78, 5) is 6.80. The molecule has 1 aliphatic rings. The third-order valence-corrected chi connectivity index (χ3v) is 5.38. The van der Waals surface area contributed by atoms with Crippen LogP contribution in [0.4, 0.5) is 0 Å². The van der Waals surface area contributed by atoms with Gasteiger partial charge < -0.3 is 5.11 Å². The molecule has 1 rings (SSSR count). The molecular weight excluding hydrogens is 320 g/mol. The second kappa shape index (κ2) is 17.7. The average molecular weight is 365 g/mol. The van der Waals surface area contributed by atoms with Crippen molar-refractivity contribution >= 4 is 6.21 Å². The van der Waals surface area contributed by atoms with E-state index in [0.717, 1.165) is 19.5 Å². The van der Waals surface area contributed by atoms with E-state index >= 15 is 0 Å². The first kappa shape index (κ1) is 23.4. The van der Waals surface area contributed by atoms with Crippen LogP contribution < -0.4 is 0 Å². The summed E-state index contributed by atoms with van der Waals surface area (Å²) in [5, 5.41) is 9.05. The molecule has 0 fully saturated rings. The fourth-order valence-electron chi connectivity index (χ4n) is 3.69. The summed E-state index contributed by atoms with van der Waals surface area (Å²) >= 11 is 0. The molecule has 152 valence electrons. The minimum Gasteiger partial charge on any atom is -0.395 e. The molecule has 1 unspecified atom stereocenters. The average Bonchev–Trinajstić information content (AvgIpc) is 3.09. The van der Waals surface area contributed by atoms with Crippen LogP contribution in [0.25, 0.3) is 0 Å². The zero-order chi connectivity index (χ0) is 18.7. The van der Waals surface area contributed by atoms with Gasteiger partial charge in [0.05, 0.1) is 6.61 Å². The Morgan fingerprint density at radius 3 is 2.08 bits per heavy atom. The number of hydrogen-bond acceptors (Lipinski definition) is 3. The summed E-state index contributed by atoms with van der Waals surface area (Å²) < 4.78 is 0. The molecule has 1 atom stereocenters. The predicted molar refractivity (Wildman–Crippen MR) is 115 cm³/mol. The van der Waals surface area contributed by atoms with E-state index in [-0.39, 0.29) is 6.61 Å². The number of aliphatic hydroxyl groups excluding tert-OH is 1. The minimum absolute atomic E-state index is 0.243. The van der Waals surface area contributed by atoms with E-state index in [4.69, 9.17) is 5.11 Å². The van der Waals surface area contributed by atoms with Crippen molar-refractivity contribution in [2.75, 3.05) is 19.7 Å². The molecule has 0 spiro atoms. The number of β-amino-alcohol motifs (C(OH)–C–C–N with tert-alkyl or cyclic N) is 1. The highest BCUT2D eigenvalue weighted by Crippen LogP contribution is 2.16. The number of nitrogens with zero attached hydrogens (tertiary/aromatic N) is 2. The maximum Gasteiger partial charge on any atom is 0.102 e. The molecule has 0 aromatic heterocycles. The summed E-state index contributed by atoms with van der Waals surface area (Å²) in [5.41, 5.74) is 0. The van der Waals surface area contributed by atoms with Gasteiger partial charge in [-0.15, -0.1) is 0 Å². The Morgan fingerprint density at radius 2 is 1.46 bits per heavy atom. The molecule has 1 aliphatic heterocycles. The first-order valence-electron chi connectivity index (χ1n) is 11.4. The molecular formula is C23H44N2O. The van der Waals surface area contributed by atoms with Crippen LogP contribution in [0.2, 0.25) is 0 Å². The van der Waals surface area contributed by atoms with Crippen molar-refractivity contribution in [2.24, 2.45) is 4.99 Å². The van der Waals surface area contributed by atoms with E-state index in [1.807, 2.05) is 6.21 Å². The SMILES string of the molecule is CCCCCCCC/C=C/CCCCCCCCC1N=CCN1CCO. The highest BCUT2D eigenvalue weighted by Gasteiger charge is 2.19. The van der Waals surface area contributed by atoms with Gasteiger partial charge in [-0.1, -0.05) is 76.9 Å². The van der Waals surface area contributed by atoms with E-state index in [1.54, 1.807) is 0 Å². The quantitative estimate of drug-likeness (QED) is 0.235. The van der Waals surface area contributed by atoms with Gasteiger partial charge in [0.15, 0.2) is 0 Å². The van der Waals surface area contributed by atoms with Crippen LogP contribution in [0.15, 0.2) is 17.1 Å². The molecule has 3 nitrogen and oxygen atoms in total. The summed E-state index contributed by atoms with van der Waals surface area (Å²) in [6.45, 7) is 4.20. The van der Waals surface area contributed by atoms with Gasteiger partial charge >= 0.3 is 0 Å². The Balaban J connectivity index is 1.79. The molecule has 3 heteroatoms. The van der Waals surface area contributed by atoms with Crippen molar-refractivity contribution < 1.29 is 5.11 Å². The highest BCUT2D eigenvalue weighted by molar-refractivity contribution is 5.62. The smallest absolute Gasteiger partial charge is 0.102 e. The zero-order valence-electron chi connectivity index (χ0n) is 17.4. The van der Waals surface area contributed by atoms with Crippen LogP contribution in [-0.2, 0) is 0 Å². The van der Waals surface area contributed by atoms with Crippen LogP contribution in [-0.4, -0.2) is 42.1 Å². The van der Waals surface area contributed by atoms with E-state index < -0.39 is 0 Å². The van der Waals surface area contributed by atoms with E-state index in [0.29, 0.717) is 6.17 Å². The molecule has 1 heterocycles. The van der Waals surface area contributed by atoms with Gasteiger partial charge in [0, 0.05) is 19.3 Å². The summed E-state index contributed by atoms with van der Waals surface area (Å²) in [6, 6.07) is 0. The number of aliphatic imine (C=N–C) groups is 1. The van der Waals surface area contributed by atoms with Crippen LogP contribution in [0.1, 0.15) is 103 Å². The maximum absolute atomic E-state index is 9.05. The number of hydrogen-bond donors (Lipinski definition) is 1. The Bertz CT molecular complexity index is 354. The normalized spacial score (nSPS) is 17.7. The molecule has 0 aromatic rings. The second-order valence-corrected chi connectivity index (χ2v) is 7.76. The van der Waals surface area contributed by atoms with E-state index in [2.05, 4.69) is 29.0 Å². The van der Waals surface area contributed by atoms with Crippen molar-refractivity contribution in [1.29, 1.82) is 0 Å². The number of aliphatic hydroxyl groups is 1. The van der Waals surface area contributed by atoms with Gasteiger partial charge in [0.1, 0.15) is 6.17 Å². The Labute approximate surface area is 163 Å². The molecule has 0 aromatic carbocycles. The highest BCUT2D eigenvalue weighted by atomic mass is 16.3. The molecule has 26 heavy (non-hydrogen) atoms. The van der Waals surface area contributed by atoms with Gasteiger partial charge in [0.25, 0.3) is 0 Å². The number of unbranched alkanes of at least 4 members (excludes halogenated alkanes) is 12. The zero-order valence-corrected chi connectivity index (χ0v) is 17.4. The molecule has 0 aliphatic carbocycles.